The summed E-state index contributed by atoms with van der Waals surface area (Å²) in [6, 6.07) is 7.76. The van der Waals surface area contributed by atoms with E-state index in [9.17, 15) is 4.79 Å². The SMILES string of the molecule is Cc1cc(C(=O)N2CCC(N)C2)cc(C)c1OCc1cccnc1. The van der Waals surface area contributed by atoms with Crippen molar-refractivity contribution in [1.82, 2.24) is 9.88 Å². The van der Waals surface area contributed by atoms with Crippen LogP contribution in [0.15, 0.2) is 36.7 Å². The van der Waals surface area contributed by atoms with Gasteiger partial charge in [0.05, 0.1) is 0 Å². The van der Waals surface area contributed by atoms with Crippen LogP contribution in [0.1, 0.15) is 33.5 Å². The molecular formula is C19H23N3O2. The Morgan fingerprint density at radius 1 is 1.38 bits per heavy atom. The van der Waals surface area contributed by atoms with Gasteiger partial charge in [0.15, 0.2) is 0 Å². The molecule has 1 unspecified atom stereocenters. The van der Waals surface area contributed by atoms with Gasteiger partial charge in [0.25, 0.3) is 5.91 Å². The third-order valence-corrected chi connectivity index (χ3v) is 4.33. The molecule has 0 saturated carbocycles. The van der Waals surface area contributed by atoms with E-state index in [-0.39, 0.29) is 11.9 Å². The topological polar surface area (TPSA) is 68.5 Å². The lowest BCUT2D eigenvalue weighted by Crippen LogP contribution is -2.32. The number of nitrogens with two attached hydrogens (primary N) is 1. The summed E-state index contributed by atoms with van der Waals surface area (Å²) in [6.07, 6.45) is 4.40. The van der Waals surface area contributed by atoms with E-state index in [1.807, 2.05) is 43.0 Å². The van der Waals surface area contributed by atoms with Crippen LogP contribution in [0.5, 0.6) is 5.75 Å². The minimum absolute atomic E-state index is 0.0490. The van der Waals surface area contributed by atoms with Gasteiger partial charge < -0.3 is 15.4 Å². The molecule has 3 rings (SSSR count). The van der Waals surface area contributed by atoms with Crippen LogP contribution < -0.4 is 10.5 Å². The largest absolute Gasteiger partial charge is 0.488 e. The van der Waals surface area contributed by atoms with Gasteiger partial charge in [-0.2, -0.15) is 0 Å². The van der Waals surface area contributed by atoms with Crippen molar-refractivity contribution in [3.8, 4) is 5.75 Å². The maximum Gasteiger partial charge on any atom is 0.253 e. The van der Waals surface area contributed by atoms with E-state index < -0.39 is 0 Å². The van der Waals surface area contributed by atoms with Crippen molar-refractivity contribution in [2.24, 2.45) is 5.73 Å². The van der Waals surface area contributed by atoms with E-state index in [0.717, 1.165) is 35.4 Å². The quantitative estimate of drug-likeness (QED) is 0.937. The predicted molar refractivity (Wildman–Crippen MR) is 93.0 cm³/mol. The molecule has 0 aliphatic carbocycles. The molecule has 1 aromatic heterocycles. The van der Waals surface area contributed by atoms with E-state index in [1.165, 1.54) is 0 Å². The molecule has 5 heteroatoms. The molecule has 0 radical (unpaired) electrons. The van der Waals surface area contributed by atoms with Gasteiger partial charge in [0.2, 0.25) is 0 Å². The summed E-state index contributed by atoms with van der Waals surface area (Å²) in [5.41, 5.74) is 9.55. The Balaban J connectivity index is 1.75. The molecule has 2 aromatic rings. The van der Waals surface area contributed by atoms with Crippen LogP contribution in [0.2, 0.25) is 0 Å². The lowest BCUT2D eigenvalue weighted by molar-refractivity contribution is 0.0790. The fourth-order valence-corrected chi connectivity index (χ4v) is 3.09. The first-order chi connectivity index (χ1) is 11.5. The third-order valence-electron chi connectivity index (χ3n) is 4.33. The number of ether oxygens (including phenoxy) is 1. The Morgan fingerprint density at radius 3 is 2.71 bits per heavy atom. The number of amides is 1. The first-order valence-electron chi connectivity index (χ1n) is 8.22. The summed E-state index contributed by atoms with van der Waals surface area (Å²) < 4.78 is 5.95. The summed E-state index contributed by atoms with van der Waals surface area (Å²) >= 11 is 0. The number of nitrogens with zero attached hydrogens (tertiary/aromatic N) is 2. The van der Waals surface area contributed by atoms with Crippen LogP contribution in [0.3, 0.4) is 0 Å². The first kappa shape index (κ1) is 16.5. The number of aromatic nitrogens is 1. The molecule has 1 aliphatic rings. The molecule has 126 valence electrons. The van der Waals surface area contributed by atoms with Gasteiger partial charge >= 0.3 is 0 Å². The number of hydrogen-bond donors (Lipinski definition) is 1. The van der Waals surface area contributed by atoms with Gasteiger partial charge in [-0.05, 0) is 49.6 Å². The summed E-state index contributed by atoms with van der Waals surface area (Å²) in [5.74, 6) is 0.876. The number of rotatable bonds is 4. The zero-order valence-electron chi connectivity index (χ0n) is 14.2. The molecule has 24 heavy (non-hydrogen) atoms. The third kappa shape index (κ3) is 3.57. The second kappa shape index (κ2) is 7.01. The minimum Gasteiger partial charge on any atom is -0.488 e. The molecule has 1 amide bonds. The number of carbonyl (C=O) groups excluding carboxylic acids is 1. The van der Waals surface area contributed by atoms with Gasteiger partial charge in [0, 0.05) is 42.7 Å². The van der Waals surface area contributed by atoms with Gasteiger partial charge in [-0.25, -0.2) is 0 Å². The molecule has 2 heterocycles. The van der Waals surface area contributed by atoms with E-state index in [1.54, 1.807) is 12.4 Å². The van der Waals surface area contributed by atoms with Crippen molar-refractivity contribution in [3.63, 3.8) is 0 Å². The van der Waals surface area contributed by atoms with Gasteiger partial charge in [-0.15, -0.1) is 0 Å². The number of likely N-dealkylation sites (tertiary alicyclic amines) is 1. The standard InChI is InChI=1S/C19H23N3O2/c1-13-8-16(19(23)22-7-5-17(20)11-22)9-14(2)18(13)24-12-15-4-3-6-21-10-15/h3-4,6,8-10,17H,5,7,11-12,20H2,1-2H3. The van der Waals surface area contributed by atoms with E-state index in [4.69, 9.17) is 10.5 Å². The Kier molecular flexibility index (Phi) is 4.81. The van der Waals surface area contributed by atoms with Crippen molar-refractivity contribution in [2.75, 3.05) is 13.1 Å². The van der Waals surface area contributed by atoms with Crippen LogP contribution in [-0.2, 0) is 6.61 Å². The monoisotopic (exact) mass is 325 g/mol. The molecule has 0 spiro atoms. The maximum absolute atomic E-state index is 12.6. The highest BCUT2D eigenvalue weighted by molar-refractivity contribution is 5.95. The van der Waals surface area contributed by atoms with Gasteiger partial charge in [-0.3, -0.25) is 9.78 Å². The second-order valence-corrected chi connectivity index (χ2v) is 6.39. The molecular weight excluding hydrogens is 302 g/mol. The second-order valence-electron chi connectivity index (χ2n) is 6.39. The summed E-state index contributed by atoms with van der Waals surface area (Å²) in [6.45, 7) is 5.77. The highest BCUT2D eigenvalue weighted by Gasteiger charge is 2.25. The fraction of sp³-hybridized carbons (Fsp3) is 0.368. The van der Waals surface area contributed by atoms with Crippen molar-refractivity contribution in [1.29, 1.82) is 0 Å². The number of carbonyl (C=O) groups is 1. The van der Waals surface area contributed by atoms with Crippen molar-refractivity contribution in [2.45, 2.75) is 32.9 Å². The summed E-state index contributed by atoms with van der Waals surface area (Å²) in [4.78, 5) is 18.5. The highest BCUT2D eigenvalue weighted by Crippen LogP contribution is 2.27. The number of benzene rings is 1. The molecule has 5 nitrogen and oxygen atoms in total. The Labute approximate surface area is 142 Å². The van der Waals surface area contributed by atoms with Crippen molar-refractivity contribution < 1.29 is 9.53 Å². The zero-order valence-corrected chi connectivity index (χ0v) is 14.2. The van der Waals surface area contributed by atoms with E-state index >= 15 is 0 Å². The number of aryl methyl sites for hydroxylation is 2. The number of hydrogen-bond acceptors (Lipinski definition) is 4. The predicted octanol–water partition coefficient (Wildman–Crippen LogP) is 2.45. The molecule has 1 fully saturated rings. The Morgan fingerprint density at radius 2 is 2.12 bits per heavy atom. The smallest absolute Gasteiger partial charge is 0.253 e. The highest BCUT2D eigenvalue weighted by atomic mass is 16.5. The fourth-order valence-electron chi connectivity index (χ4n) is 3.09. The minimum atomic E-state index is 0.0490. The molecule has 1 atom stereocenters. The molecule has 1 aromatic carbocycles. The normalized spacial score (nSPS) is 17.1. The summed E-state index contributed by atoms with van der Waals surface area (Å²) in [5, 5.41) is 0. The lowest BCUT2D eigenvalue weighted by atomic mass is 10.0. The van der Waals surface area contributed by atoms with Crippen LogP contribution in [0.25, 0.3) is 0 Å². The van der Waals surface area contributed by atoms with Crippen molar-refractivity contribution in [3.05, 3.63) is 58.9 Å². The van der Waals surface area contributed by atoms with Gasteiger partial charge in [-0.1, -0.05) is 6.07 Å². The first-order valence-corrected chi connectivity index (χ1v) is 8.22. The molecule has 1 saturated heterocycles. The Bertz CT molecular complexity index is 708. The lowest BCUT2D eigenvalue weighted by Gasteiger charge is -2.18. The molecule has 1 aliphatic heterocycles. The van der Waals surface area contributed by atoms with Crippen LogP contribution in [0, 0.1) is 13.8 Å². The average Bonchev–Trinajstić information content (AvgIpc) is 3.00. The van der Waals surface area contributed by atoms with E-state index in [0.29, 0.717) is 18.7 Å². The number of pyridine rings is 1. The van der Waals surface area contributed by atoms with Crippen LogP contribution in [0.4, 0.5) is 0 Å². The van der Waals surface area contributed by atoms with E-state index in [2.05, 4.69) is 4.98 Å². The van der Waals surface area contributed by atoms with Gasteiger partial charge in [0.1, 0.15) is 12.4 Å². The van der Waals surface area contributed by atoms with Crippen LogP contribution in [-0.4, -0.2) is 34.9 Å². The Hall–Kier alpha value is -2.40. The maximum atomic E-state index is 12.6. The molecule has 0 bridgehead atoms. The average molecular weight is 325 g/mol. The van der Waals surface area contributed by atoms with Crippen molar-refractivity contribution >= 4 is 5.91 Å². The molecule has 2 N–H and O–H groups in total. The van der Waals surface area contributed by atoms with Crippen LogP contribution >= 0.6 is 0 Å². The zero-order chi connectivity index (χ0) is 17.1. The summed E-state index contributed by atoms with van der Waals surface area (Å²) in [7, 11) is 0.